The summed E-state index contributed by atoms with van der Waals surface area (Å²) in [5, 5.41) is 5.45. The molecular weight excluding hydrogens is 346 g/mol. The van der Waals surface area contributed by atoms with Gasteiger partial charge in [-0.2, -0.15) is 0 Å². The summed E-state index contributed by atoms with van der Waals surface area (Å²) >= 11 is 1.42. The molecule has 26 heavy (non-hydrogen) atoms. The lowest BCUT2D eigenvalue weighted by Crippen LogP contribution is -2.36. The van der Waals surface area contributed by atoms with Gasteiger partial charge >= 0.3 is 0 Å². The molecule has 1 amide bonds. The van der Waals surface area contributed by atoms with Crippen LogP contribution in [0.4, 0.5) is 0 Å². The first-order valence-corrected chi connectivity index (χ1v) is 9.68. The minimum absolute atomic E-state index is 0.0338. The molecule has 3 aromatic rings. The van der Waals surface area contributed by atoms with E-state index in [-0.39, 0.29) is 30.0 Å². The molecule has 0 saturated carbocycles. The van der Waals surface area contributed by atoms with Crippen molar-refractivity contribution in [2.45, 2.75) is 39.8 Å². The molecule has 0 bridgehead atoms. The molecular formula is C20H23N3O2S. The highest BCUT2D eigenvalue weighted by molar-refractivity contribution is 7.16. The van der Waals surface area contributed by atoms with Crippen LogP contribution < -0.4 is 10.9 Å². The summed E-state index contributed by atoms with van der Waals surface area (Å²) in [5.74, 6) is 0.0439. The summed E-state index contributed by atoms with van der Waals surface area (Å²) in [7, 11) is 0. The summed E-state index contributed by atoms with van der Waals surface area (Å²) in [6.07, 6.45) is 2.43. The van der Waals surface area contributed by atoms with Gasteiger partial charge in [-0.3, -0.25) is 14.2 Å². The number of benzene rings is 1. The van der Waals surface area contributed by atoms with Crippen LogP contribution in [0, 0.1) is 5.92 Å². The van der Waals surface area contributed by atoms with Crippen LogP contribution in [0.3, 0.4) is 0 Å². The Balaban J connectivity index is 1.77. The summed E-state index contributed by atoms with van der Waals surface area (Å²) in [5.41, 5.74) is 2.16. The van der Waals surface area contributed by atoms with Gasteiger partial charge in [0.2, 0.25) is 5.91 Å². The van der Waals surface area contributed by atoms with Crippen LogP contribution in [0.5, 0.6) is 0 Å². The van der Waals surface area contributed by atoms with Crippen LogP contribution >= 0.6 is 11.3 Å². The molecule has 0 fully saturated rings. The largest absolute Gasteiger partial charge is 0.347 e. The van der Waals surface area contributed by atoms with Gasteiger partial charge in [0.15, 0.2) is 0 Å². The Morgan fingerprint density at radius 2 is 1.96 bits per heavy atom. The third-order valence-electron chi connectivity index (χ3n) is 4.49. The van der Waals surface area contributed by atoms with Crippen LogP contribution in [0.1, 0.15) is 37.9 Å². The molecule has 1 atom stereocenters. The van der Waals surface area contributed by atoms with Crippen molar-refractivity contribution in [3.05, 3.63) is 63.5 Å². The summed E-state index contributed by atoms with van der Waals surface area (Å²) < 4.78 is 1.36. The minimum atomic E-state index is -0.193. The molecule has 1 aromatic carbocycles. The molecule has 3 rings (SSSR count). The van der Waals surface area contributed by atoms with Crippen LogP contribution in [0.2, 0.25) is 0 Å². The summed E-state index contributed by atoms with van der Waals surface area (Å²) in [6.45, 7) is 6.23. The highest BCUT2D eigenvalue weighted by Crippen LogP contribution is 2.22. The third kappa shape index (κ3) is 3.85. The normalized spacial score (nSPS) is 12.5. The molecule has 0 aliphatic carbocycles. The molecule has 0 aliphatic heterocycles. The van der Waals surface area contributed by atoms with Crippen molar-refractivity contribution in [3.8, 4) is 0 Å². The predicted molar refractivity (Wildman–Crippen MR) is 105 cm³/mol. The maximum atomic E-state index is 12.6. The number of amides is 1. The lowest BCUT2D eigenvalue weighted by molar-refractivity contribution is -0.122. The van der Waals surface area contributed by atoms with Gasteiger partial charge in [0.1, 0.15) is 11.4 Å². The molecule has 0 spiro atoms. The van der Waals surface area contributed by atoms with Crippen LogP contribution in [0.25, 0.3) is 10.2 Å². The van der Waals surface area contributed by atoms with Gasteiger partial charge in [-0.15, -0.1) is 11.3 Å². The van der Waals surface area contributed by atoms with Crippen molar-refractivity contribution < 1.29 is 4.79 Å². The van der Waals surface area contributed by atoms with Gasteiger partial charge in [-0.25, -0.2) is 4.98 Å². The topological polar surface area (TPSA) is 64.0 Å². The maximum absolute atomic E-state index is 12.6. The third-order valence-corrected chi connectivity index (χ3v) is 5.32. The number of carbonyl (C=O) groups is 1. The van der Waals surface area contributed by atoms with E-state index in [0.29, 0.717) is 10.2 Å². The van der Waals surface area contributed by atoms with Crippen LogP contribution in [-0.4, -0.2) is 15.5 Å². The maximum Gasteiger partial charge on any atom is 0.262 e. The Hall–Kier alpha value is -2.47. The zero-order valence-corrected chi connectivity index (χ0v) is 16.0. The van der Waals surface area contributed by atoms with Crippen molar-refractivity contribution in [3.63, 3.8) is 0 Å². The monoisotopic (exact) mass is 369 g/mol. The standard InChI is InChI=1S/C20H23N3O2S/c1-4-14-5-7-15(8-6-14)18(13(2)3)22-17(24)11-23-12-21-19-16(20(23)25)9-10-26-19/h5-10,12-13,18H,4,11H2,1-3H3,(H,22,24). The van der Waals surface area contributed by atoms with Crippen LogP contribution in [-0.2, 0) is 17.8 Å². The number of rotatable bonds is 6. The Labute approximate surface area is 156 Å². The van der Waals surface area contributed by atoms with Crippen molar-refractivity contribution >= 4 is 27.5 Å². The fourth-order valence-corrected chi connectivity index (χ4v) is 3.70. The number of hydrogen-bond acceptors (Lipinski definition) is 4. The zero-order chi connectivity index (χ0) is 18.7. The first-order chi connectivity index (χ1) is 12.5. The van der Waals surface area contributed by atoms with Gasteiger partial charge in [0, 0.05) is 0 Å². The Kier molecular flexibility index (Phi) is 5.52. The van der Waals surface area contributed by atoms with Crippen molar-refractivity contribution in [2.24, 2.45) is 5.92 Å². The Morgan fingerprint density at radius 1 is 1.23 bits per heavy atom. The van der Waals surface area contributed by atoms with Gasteiger partial charge in [-0.05, 0) is 34.9 Å². The SMILES string of the molecule is CCc1ccc(C(NC(=O)Cn2cnc3sccc3c2=O)C(C)C)cc1. The smallest absolute Gasteiger partial charge is 0.262 e. The van der Waals surface area contributed by atoms with Gasteiger partial charge < -0.3 is 5.32 Å². The Morgan fingerprint density at radius 3 is 2.62 bits per heavy atom. The number of fused-ring (bicyclic) bond motifs is 1. The van der Waals surface area contributed by atoms with E-state index in [4.69, 9.17) is 0 Å². The van der Waals surface area contributed by atoms with E-state index in [2.05, 4.69) is 55.3 Å². The number of hydrogen-bond donors (Lipinski definition) is 1. The number of nitrogens with zero attached hydrogens (tertiary/aromatic N) is 2. The number of nitrogens with one attached hydrogen (secondary N) is 1. The van der Waals surface area contributed by atoms with E-state index in [1.165, 1.54) is 27.8 Å². The molecule has 0 radical (unpaired) electrons. The van der Waals surface area contributed by atoms with E-state index in [9.17, 15) is 9.59 Å². The second-order valence-corrected chi connectivity index (χ2v) is 7.60. The van der Waals surface area contributed by atoms with Crippen molar-refractivity contribution in [1.29, 1.82) is 0 Å². The Bertz CT molecular complexity index is 957. The second-order valence-electron chi connectivity index (χ2n) is 6.70. The number of carbonyl (C=O) groups excluding carboxylic acids is 1. The van der Waals surface area contributed by atoms with E-state index < -0.39 is 0 Å². The minimum Gasteiger partial charge on any atom is -0.347 e. The molecule has 2 heterocycles. The number of thiophene rings is 1. The molecule has 0 saturated heterocycles. The molecule has 0 aliphatic rings. The summed E-state index contributed by atoms with van der Waals surface area (Å²) in [6, 6.07) is 9.97. The van der Waals surface area contributed by atoms with E-state index in [1.54, 1.807) is 6.07 Å². The lowest BCUT2D eigenvalue weighted by Gasteiger charge is -2.23. The van der Waals surface area contributed by atoms with Crippen LogP contribution in [0.15, 0.2) is 46.8 Å². The first kappa shape index (κ1) is 18.3. The number of aryl methyl sites for hydroxylation is 1. The molecule has 5 nitrogen and oxygen atoms in total. The van der Waals surface area contributed by atoms with Gasteiger partial charge in [-0.1, -0.05) is 45.0 Å². The quantitative estimate of drug-likeness (QED) is 0.723. The number of aromatic nitrogens is 2. The zero-order valence-electron chi connectivity index (χ0n) is 15.2. The average molecular weight is 369 g/mol. The summed E-state index contributed by atoms with van der Waals surface area (Å²) in [4.78, 5) is 29.9. The molecule has 1 N–H and O–H groups in total. The van der Waals surface area contributed by atoms with Gasteiger partial charge in [0.05, 0.1) is 17.8 Å². The highest BCUT2D eigenvalue weighted by atomic mass is 32.1. The van der Waals surface area contributed by atoms with E-state index >= 15 is 0 Å². The van der Waals surface area contributed by atoms with Crippen molar-refractivity contribution in [2.75, 3.05) is 0 Å². The van der Waals surface area contributed by atoms with E-state index in [0.717, 1.165) is 12.0 Å². The second kappa shape index (κ2) is 7.83. The van der Waals surface area contributed by atoms with E-state index in [1.807, 2.05) is 5.38 Å². The molecule has 2 aromatic heterocycles. The van der Waals surface area contributed by atoms with Crippen molar-refractivity contribution in [1.82, 2.24) is 14.9 Å². The molecule has 1 unspecified atom stereocenters. The fraction of sp³-hybridized carbons (Fsp3) is 0.350. The molecule has 136 valence electrons. The fourth-order valence-electron chi connectivity index (χ4n) is 2.98. The highest BCUT2D eigenvalue weighted by Gasteiger charge is 2.19. The van der Waals surface area contributed by atoms with Gasteiger partial charge in [0.25, 0.3) is 5.56 Å². The lowest BCUT2D eigenvalue weighted by atomic mass is 9.95. The average Bonchev–Trinajstić information content (AvgIpc) is 3.11. The first-order valence-electron chi connectivity index (χ1n) is 8.80. The predicted octanol–water partition coefficient (Wildman–Crippen LogP) is 3.53. The molecule has 6 heteroatoms.